The summed E-state index contributed by atoms with van der Waals surface area (Å²) in [6.45, 7) is 0. The van der Waals surface area contributed by atoms with Crippen LogP contribution in [0, 0.1) is 0 Å². The first-order valence-corrected chi connectivity index (χ1v) is 9.39. The summed E-state index contributed by atoms with van der Waals surface area (Å²) in [5.41, 5.74) is 3.04. The van der Waals surface area contributed by atoms with Gasteiger partial charge in [0.15, 0.2) is 0 Å². The molecule has 0 aliphatic heterocycles. The summed E-state index contributed by atoms with van der Waals surface area (Å²) < 4.78 is 27.7. The van der Waals surface area contributed by atoms with E-state index in [9.17, 15) is 8.42 Å². The fourth-order valence-electron chi connectivity index (χ4n) is 2.98. The molecule has 3 rings (SSSR count). The minimum Gasteiger partial charge on any atom is -0.212 e. The molecule has 2 aromatic carbocycles. The van der Waals surface area contributed by atoms with Gasteiger partial charge in [-0.3, -0.25) is 0 Å². The van der Waals surface area contributed by atoms with Crippen molar-refractivity contribution in [3.8, 4) is 0 Å². The van der Waals surface area contributed by atoms with Crippen LogP contribution in [0.4, 0.5) is 0 Å². The average molecular weight is 336 g/mol. The Labute approximate surface area is 136 Å². The maximum atomic E-state index is 12.4. The molecule has 1 N–H and O–H groups in total. The van der Waals surface area contributed by atoms with Crippen LogP contribution in [0.25, 0.3) is 0 Å². The Hall–Kier alpha value is -1.36. The Balaban J connectivity index is 1.78. The van der Waals surface area contributed by atoms with E-state index in [0.29, 0.717) is 10.6 Å². The molecule has 0 fully saturated rings. The van der Waals surface area contributed by atoms with Crippen LogP contribution in [-0.2, 0) is 22.2 Å². The van der Waals surface area contributed by atoms with Crippen molar-refractivity contribution in [2.45, 2.75) is 31.1 Å². The third-order valence-electron chi connectivity index (χ3n) is 3.94. The van der Waals surface area contributed by atoms with Crippen LogP contribution in [0.2, 0.25) is 5.02 Å². The molecule has 2 aromatic rings. The van der Waals surface area contributed by atoms with Crippen molar-refractivity contribution in [1.29, 1.82) is 0 Å². The standard InChI is InChI=1S/C17H18ClNO2S/c18-15-8-3-5-13(11-15)12-22(20,21)19-17-10-4-7-14-6-1-2-9-16(14)17/h1-3,5-6,8-9,11,17,19H,4,7,10,12H2/t17-/m1/s1. The second kappa shape index (κ2) is 6.41. The number of halogens is 1. The number of nitrogens with one attached hydrogen (secondary N) is 1. The predicted molar refractivity (Wildman–Crippen MR) is 89.3 cm³/mol. The quantitative estimate of drug-likeness (QED) is 0.922. The van der Waals surface area contributed by atoms with Crippen molar-refractivity contribution in [2.24, 2.45) is 0 Å². The Kier molecular flexibility index (Phi) is 4.52. The van der Waals surface area contributed by atoms with Gasteiger partial charge in [0.05, 0.1) is 5.75 Å². The maximum absolute atomic E-state index is 12.4. The monoisotopic (exact) mass is 335 g/mol. The van der Waals surface area contributed by atoms with Crippen molar-refractivity contribution >= 4 is 21.6 Å². The molecule has 5 heteroatoms. The van der Waals surface area contributed by atoms with Gasteiger partial charge in [0.2, 0.25) is 10.0 Å². The number of fused-ring (bicyclic) bond motifs is 1. The molecule has 0 bridgehead atoms. The van der Waals surface area contributed by atoms with E-state index in [4.69, 9.17) is 11.6 Å². The number of benzene rings is 2. The molecule has 1 aliphatic carbocycles. The number of hydrogen-bond donors (Lipinski definition) is 1. The molecular weight excluding hydrogens is 318 g/mol. The molecule has 22 heavy (non-hydrogen) atoms. The summed E-state index contributed by atoms with van der Waals surface area (Å²) >= 11 is 5.92. The van der Waals surface area contributed by atoms with Crippen LogP contribution in [0.15, 0.2) is 48.5 Å². The largest absolute Gasteiger partial charge is 0.216 e. The van der Waals surface area contributed by atoms with Crippen LogP contribution in [0.1, 0.15) is 35.6 Å². The highest BCUT2D eigenvalue weighted by atomic mass is 35.5. The topological polar surface area (TPSA) is 46.2 Å². The average Bonchev–Trinajstić information content (AvgIpc) is 2.47. The molecule has 1 aliphatic rings. The molecule has 1 atom stereocenters. The fraction of sp³-hybridized carbons (Fsp3) is 0.294. The highest BCUT2D eigenvalue weighted by molar-refractivity contribution is 7.88. The Morgan fingerprint density at radius 1 is 1.14 bits per heavy atom. The maximum Gasteiger partial charge on any atom is 0.216 e. The third kappa shape index (κ3) is 3.69. The van der Waals surface area contributed by atoms with E-state index in [1.165, 1.54) is 5.56 Å². The van der Waals surface area contributed by atoms with Gasteiger partial charge in [-0.1, -0.05) is 48.0 Å². The summed E-state index contributed by atoms with van der Waals surface area (Å²) in [7, 11) is -3.40. The normalized spacial score (nSPS) is 18.0. The van der Waals surface area contributed by atoms with Crippen molar-refractivity contribution in [3.05, 3.63) is 70.2 Å². The Bertz CT molecular complexity index is 774. The molecule has 3 nitrogen and oxygen atoms in total. The van der Waals surface area contributed by atoms with E-state index in [1.807, 2.05) is 18.2 Å². The SMILES string of the molecule is O=S(=O)(Cc1cccc(Cl)c1)N[C@@H]1CCCc2ccccc21. The molecule has 0 unspecified atom stereocenters. The molecule has 0 aromatic heterocycles. The molecule has 116 valence electrons. The first kappa shape index (κ1) is 15.5. The summed E-state index contributed by atoms with van der Waals surface area (Å²) in [5.74, 6) is -0.0494. The second-order valence-corrected chi connectivity index (χ2v) is 7.84. The van der Waals surface area contributed by atoms with Gasteiger partial charge in [-0.05, 0) is 48.1 Å². The number of rotatable bonds is 4. The van der Waals surface area contributed by atoms with E-state index in [0.717, 1.165) is 24.8 Å². The van der Waals surface area contributed by atoms with Crippen LogP contribution in [0.5, 0.6) is 0 Å². The zero-order valence-corrected chi connectivity index (χ0v) is 13.7. The molecule has 0 amide bonds. The van der Waals surface area contributed by atoms with Gasteiger partial charge in [-0.25, -0.2) is 13.1 Å². The zero-order valence-electron chi connectivity index (χ0n) is 12.1. The zero-order chi connectivity index (χ0) is 15.6. The van der Waals surface area contributed by atoms with Crippen molar-refractivity contribution < 1.29 is 8.42 Å². The van der Waals surface area contributed by atoms with E-state index in [1.54, 1.807) is 24.3 Å². The number of aryl methyl sites for hydroxylation is 1. The van der Waals surface area contributed by atoms with Gasteiger partial charge in [0, 0.05) is 11.1 Å². The molecule has 0 radical (unpaired) electrons. The predicted octanol–water partition coefficient (Wildman–Crippen LogP) is 3.84. The van der Waals surface area contributed by atoms with E-state index in [2.05, 4.69) is 10.8 Å². The van der Waals surface area contributed by atoms with Crippen LogP contribution >= 0.6 is 11.6 Å². The Morgan fingerprint density at radius 3 is 2.77 bits per heavy atom. The number of hydrogen-bond acceptors (Lipinski definition) is 2. The van der Waals surface area contributed by atoms with E-state index in [-0.39, 0.29) is 11.8 Å². The molecule has 0 heterocycles. The van der Waals surface area contributed by atoms with E-state index < -0.39 is 10.0 Å². The lowest BCUT2D eigenvalue weighted by molar-refractivity contribution is 0.507. The first-order chi connectivity index (χ1) is 10.5. The van der Waals surface area contributed by atoms with E-state index >= 15 is 0 Å². The van der Waals surface area contributed by atoms with Gasteiger partial charge in [0.25, 0.3) is 0 Å². The van der Waals surface area contributed by atoms with Crippen molar-refractivity contribution in [1.82, 2.24) is 4.72 Å². The fourth-order valence-corrected chi connectivity index (χ4v) is 4.57. The molecule has 0 saturated heterocycles. The minimum absolute atomic E-state index is 0.0494. The molecule has 0 saturated carbocycles. The van der Waals surface area contributed by atoms with Crippen LogP contribution < -0.4 is 4.72 Å². The summed E-state index contributed by atoms with van der Waals surface area (Å²) in [6.07, 6.45) is 2.86. The lowest BCUT2D eigenvalue weighted by Gasteiger charge is -2.26. The first-order valence-electron chi connectivity index (χ1n) is 7.36. The third-order valence-corrected chi connectivity index (χ3v) is 5.53. The minimum atomic E-state index is -3.40. The van der Waals surface area contributed by atoms with Crippen LogP contribution in [0.3, 0.4) is 0 Å². The number of sulfonamides is 1. The van der Waals surface area contributed by atoms with Crippen molar-refractivity contribution in [2.75, 3.05) is 0 Å². The van der Waals surface area contributed by atoms with Gasteiger partial charge >= 0.3 is 0 Å². The summed E-state index contributed by atoms with van der Waals surface area (Å²) in [4.78, 5) is 0. The lowest BCUT2D eigenvalue weighted by Crippen LogP contribution is -2.31. The van der Waals surface area contributed by atoms with Gasteiger partial charge in [0.1, 0.15) is 0 Å². The smallest absolute Gasteiger partial charge is 0.212 e. The van der Waals surface area contributed by atoms with Crippen molar-refractivity contribution in [3.63, 3.8) is 0 Å². The lowest BCUT2D eigenvalue weighted by atomic mass is 9.88. The summed E-state index contributed by atoms with van der Waals surface area (Å²) in [5, 5.41) is 0.552. The van der Waals surface area contributed by atoms with Gasteiger partial charge in [-0.15, -0.1) is 0 Å². The highest BCUT2D eigenvalue weighted by Crippen LogP contribution is 2.30. The molecule has 0 spiro atoms. The second-order valence-electron chi connectivity index (χ2n) is 5.65. The van der Waals surface area contributed by atoms with Crippen LogP contribution in [-0.4, -0.2) is 8.42 Å². The highest BCUT2D eigenvalue weighted by Gasteiger charge is 2.24. The van der Waals surface area contributed by atoms with Gasteiger partial charge in [-0.2, -0.15) is 0 Å². The summed E-state index contributed by atoms with van der Waals surface area (Å²) in [6, 6.07) is 14.9. The Morgan fingerprint density at radius 2 is 1.95 bits per heavy atom. The molecular formula is C17H18ClNO2S. The van der Waals surface area contributed by atoms with Gasteiger partial charge < -0.3 is 0 Å².